The Morgan fingerprint density at radius 2 is 0.984 bits per heavy atom. The third-order valence-corrected chi connectivity index (χ3v) is 17.2. The second-order valence-corrected chi connectivity index (χ2v) is 21.3. The van der Waals surface area contributed by atoms with Gasteiger partial charge in [-0.1, -0.05) is 59.6 Å². The molecule has 328 valence electrons. The molecule has 0 bridgehead atoms. The fourth-order valence-electron chi connectivity index (χ4n) is 7.53. The van der Waals surface area contributed by atoms with Crippen molar-refractivity contribution in [1.82, 2.24) is 18.6 Å². The van der Waals surface area contributed by atoms with E-state index in [1.54, 1.807) is 46.9 Å². The lowest BCUT2D eigenvalue weighted by molar-refractivity contribution is 0.373. The first-order chi connectivity index (χ1) is 29.6. The average molecular weight is 956 g/mol. The van der Waals surface area contributed by atoms with Crippen molar-refractivity contribution in [2.24, 2.45) is 0 Å². The first-order valence-corrected chi connectivity index (χ1v) is 25.2. The molecule has 2 saturated heterocycles. The van der Waals surface area contributed by atoms with E-state index < -0.39 is 20.0 Å². The van der Waals surface area contributed by atoms with Crippen LogP contribution in [0.15, 0.2) is 93.3 Å². The lowest BCUT2D eigenvalue weighted by atomic mass is 10.0. The van der Waals surface area contributed by atoms with Gasteiger partial charge in [0.2, 0.25) is 20.0 Å². The largest absolute Gasteiger partial charge is 0.495 e. The topological polar surface area (TPSA) is 125 Å². The number of methoxy groups -OCH3 is 2. The molecule has 0 saturated carbocycles. The average Bonchev–Trinajstić information content (AvgIpc) is 3.96. The summed E-state index contributed by atoms with van der Waals surface area (Å²) in [5, 5.41) is 6.68. The molecule has 12 nitrogen and oxygen atoms in total. The van der Waals surface area contributed by atoms with Crippen LogP contribution in [0.2, 0.25) is 10.0 Å². The number of hydrogen-bond acceptors (Lipinski definition) is 12. The van der Waals surface area contributed by atoms with Crippen LogP contribution >= 0.6 is 45.9 Å². The van der Waals surface area contributed by atoms with Crippen LogP contribution in [-0.4, -0.2) is 102 Å². The number of anilines is 2. The summed E-state index contributed by atoms with van der Waals surface area (Å²) >= 11 is 15.3. The highest BCUT2D eigenvalue weighted by atomic mass is 35.5. The number of benzene rings is 4. The normalized spacial score (nSPS) is 15.3. The van der Waals surface area contributed by atoms with Crippen molar-refractivity contribution in [3.8, 4) is 34.0 Å². The lowest BCUT2D eigenvalue weighted by Gasteiger charge is -2.34. The molecule has 0 amide bonds. The minimum absolute atomic E-state index is 0.0995. The van der Waals surface area contributed by atoms with E-state index in [4.69, 9.17) is 42.6 Å². The van der Waals surface area contributed by atoms with Crippen LogP contribution in [0.4, 0.5) is 10.3 Å². The molecule has 0 radical (unpaired) electrons. The molecular weight excluding hydrogens is 908 g/mol. The van der Waals surface area contributed by atoms with Crippen molar-refractivity contribution in [1.29, 1.82) is 0 Å². The molecule has 0 atom stereocenters. The van der Waals surface area contributed by atoms with Gasteiger partial charge in [0.1, 0.15) is 21.3 Å². The summed E-state index contributed by atoms with van der Waals surface area (Å²) in [6.45, 7) is 12.2. The van der Waals surface area contributed by atoms with E-state index in [1.807, 2.05) is 6.07 Å². The maximum Gasteiger partial charge on any atom is 0.246 e. The van der Waals surface area contributed by atoms with Gasteiger partial charge in [-0.3, -0.25) is 0 Å². The molecule has 2 fully saturated rings. The summed E-state index contributed by atoms with van der Waals surface area (Å²) < 4.78 is 66.2. The van der Waals surface area contributed by atoms with Crippen LogP contribution in [0.1, 0.15) is 22.3 Å². The predicted octanol–water partition coefficient (Wildman–Crippen LogP) is 9.20. The zero-order valence-electron chi connectivity index (χ0n) is 35.3. The number of nitrogens with zero attached hydrogens (tertiary/aromatic N) is 6. The summed E-state index contributed by atoms with van der Waals surface area (Å²) in [6, 6.07) is 21.8. The third kappa shape index (κ3) is 9.62. The molecule has 2 aromatic heterocycles. The number of halogens is 2. The molecule has 4 aromatic carbocycles. The Morgan fingerprint density at radius 1 is 0.565 bits per heavy atom. The van der Waals surface area contributed by atoms with Gasteiger partial charge in [-0.15, -0.1) is 22.7 Å². The number of aromatic nitrogens is 2. The Bertz CT molecular complexity index is 2760. The van der Waals surface area contributed by atoms with Gasteiger partial charge in [0, 0.05) is 84.3 Å². The highest BCUT2D eigenvalue weighted by Gasteiger charge is 2.33. The van der Waals surface area contributed by atoms with Gasteiger partial charge in [-0.2, -0.15) is 8.61 Å². The molecule has 18 heteroatoms. The van der Waals surface area contributed by atoms with E-state index in [-0.39, 0.29) is 9.79 Å². The zero-order valence-corrected chi connectivity index (χ0v) is 40.0. The fraction of sp³-hybridized carbons (Fsp3) is 0.318. The number of aryl methyl sites for hydroxylation is 3. The summed E-state index contributed by atoms with van der Waals surface area (Å²) in [5.41, 5.74) is 9.09. The standard InChI is InChI=1S/2C22H24ClN3O3S2/c1-15-5-4-6-18(16(15)2)19-14-30-22(24-19)25-9-11-26(12-10-25)31(27,28)21-13-17(23)7-8-20(21)29-3;1-15-5-4-6-16(2)21(15)18-14-30-22(24-18)25-9-11-26(12-10-25)31(27,28)20-13-17(23)7-8-19(20)29-3/h2*4-8,13-14H,9-12H2,1-3H3. The summed E-state index contributed by atoms with van der Waals surface area (Å²) in [6.07, 6.45) is 0. The first kappa shape index (κ1) is 45.8. The minimum atomic E-state index is -3.70. The maximum atomic E-state index is 13.2. The van der Waals surface area contributed by atoms with E-state index in [2.05, 4.69) is 78.6 Å². The van der Waals surface area contributed by atoms with Gasteiger partial charge < -0.3 is 19.3 Å². The van der Waals surface area contributed by atoms with Gasteiger partial charge in [0.25, 0.3) is 0 Å². The molecule has 8 rings (SSSR count). The first-order valence-electron chi connectivity index (χ1n) is 19.8. The Hall–Kier alpha value is -4.26. The zero-order chi connectivity index (χ0) is 44.3. The maximum absolute atomic E-state index is 13.2. The number of piperazine rings is 2. The predicted molar refractivity (Wildman–Crippen MR) is 252 cm³/mol. The molecule has 0 aliphatic carbocycles. The Labute approximate surface area is 382 Å². The van der Waals surface area contributed by atoms with E-state index in [9.17, 15) is 16.8 Å². The number of thiazole rings is 2. The van der Waals surface area contributed by atoms with Crippen molar-refractivity contribution < 1.29 is 26.3 Å². The highest BCUT2D eigenvalue weighted by Crippen LogP contribution is 2.36. The number of hydrogen-bond donors (Lipinski definition) is 0. The van der Waals surface area contributed by atoms with E-state index in [0.29, 0.717) is 73.9 Å². The highest BCUT2D eigenvalue weighted by molar-refractivity contribution is 7.89. The third-order valence-electron chi connectivity index (χ3n) is 11.1. The summed E-state index contributed by atoms with van der Waals surface area (Å²) in [5.74, 6) is 0.593. The fourth-order valence-corrected chi connectivity index (χ4v) is 13.0. The van der Waals surface area contributed by atoms with Gasteiger partial charge in [0.05, 0.1) is 25.6 Å². The Balaban J connectivity index is 0.000000186. The van der Waals surface area contributed by atoms with E-state index in [1.165, 1.54) is 62.8 Å². The van der Waals surface area contributed by atoms with Crippen LogP contribution in [0.3, 0.4) is 0 Å². The van der Waals surface area contributed by atoms with Crippen LogP contribution in [0.5, 0.6) is 11.5 Å². The smallest absolute Gasteiger partial charge is 0.246 e. The van der Waals surface area contributed by atoms with E-state index >= 15 is 0 Å². The van der Waals surface area contributed by atoms with Crippen LogP contribution in [-0.2, 0) is 20.0 Å². The molecule has 6 aromatic rings. The monoisotopic (exact) mass is 954 g/mol. The summed E-state index contributed by atoms with van der Waals surface area (Å²) in [4.78, 5) is 14.2. The Morgan fingerprint density at radius 3 is 1.45 bits per heavy atom. The Kier molecular flexibility index (Phi) is 14.2. The van der Waals surface area contributed by atoms with Gasteiger partial charge >= 0.3 is 0 Å². The molecule has 4 heterocycles. The van der Waals surface area contributed by atoms with Crippen molar-refractivity contribution in [2.45, 2.75) is 37.5 Å². The molecule has 2 aliphatic heterocycles. The molecular formula is C44H48Cl2N6O6S4. The second kappa shape index (κ2) is 19.2. The number of rotatable bonds is 10. The van der Waals surface area contributed by atoms with E-state index in [0.717, 1.165) is 27.2 Å². The van der Waals surface area contributed by atoms with Crippen molar-refractivity contribution >= 4 is 76.2 Å². The number of ether oxygens (including phenoxy) is 2. The molecule has 2 aliphatic rings. The van der Waals surface area contributed by atoms with Crippen LogP contribution < -0.4 is 19.3 Å². The van der Waals surface area contributed by atoms with Crippen molar-refractivity contribution in [2.75, 3.05) is 76.4 Å². The van der Waals surface area contributed by atoms with Gasteiger partial charge in [0.15, 0.2) is 10.3 Å². The van der Waals surface area contributed by atoms with Gasteiger partial charge in [-0.05, 0) is 86.3 Å². The quantitative estimate of drug-likeness (QED) is 0.131. The van der Waals surface area contributed by atoms with Crippen LogP contribution in [0.25, 0.3) is 22.5 Å². The molecule has 62 heavy (non-hydrogen) atoms. The van der Waals surface area contributed by atoms with Crippen molar-refractivity contribution in [3.63, 3.8) is 0 Å². The molecule has 0 unspecified atom stereocenters. The van der Waals surface area contributed by atoms with Crippen LogP contribution in [0, 0.1) is 27.7 Å². The second-order valence-electron chi connectivity index (χ2n) is 14.9. The van der Waals surface area contributed by atoms with Gasteiger partial charge in [-0.25, -0.2) is 26.8 Å². The number of sulfonamides is 2. The molecule has 0 spiro atoms. The lowest BCUT2D eigenvalue weighted by Crippen LogP contribution is -2.48. The van der Waals surface area contributed by atoms with Crippen molar-refractivity contribution in [3.05, 3.63) is 116 Å². The minimum Gasteiger partial charge on any atom is -0.495 e. The SMILES string of the molecule is COc1ccc(Cl)cc1S(=O)(=O)N1CCN(c2nc(-c3c(C)cccc3C)cs2)CC1.COc1ccc(Cl)cc1S(=O)(=O)N1CCN(c2nc(-c3cccc(C)c3C)cs2)CC1. The summed E-state index contributed by atoms with van der Waals surface area (Å²) in [7, 11) is -4.49. The molecule has 0 N–H and O–H groups in total.